The Bertz CT molecular complexity index is 2220. The van der Waals surface area contributed by atoms with Crippen LogP contribution in [-0.2, 0) is 6.54 Å². The van der Waals surface area contributed by atoms with Gasteiger partial charge >= 0.3 is 0 Å². The number of hydrogen-bond donors (Lipinski definition) is 0. The monoisotopic (exact) mass is 753 g/mol. The number of aromatic nitrogens is 1. The highest BCUT2D eigenvalue weighted by atomic mass is 32.2. The van der Waals surface area contributed by atoms with Crippen molar-refractivity contribution in [3.8, 4) is 0 Å². The standard InChI is InChI=1S/C46H45N2S4/c1-5-47-40-22-20-38(49-26-24-34-14-9-7-10-15-34)30-42(40)51-44(47)19-13-18-36-28-37(33-46(3,4)32-36)29-45-48(6-2)41-23-21-39(31-43(41)52-45)50-27-25-35-16-11-8-12-17-35/h7-31H,5-6,32-33H2,1-4H3/q+1/b26-24-,27-25+. The van der Waals surface area contributed by atoms with E-state index in [0.717, 1.165) is 25.9 Å². The fourth-order valence-corrected chi connectivity index (χ4v) is 10.8. The number of thiazole rings is 1. The maximum Gasteiger partial charge on any atom is 0.263 e. The van der Waals surface area contributed by atoms with Crippen LogP contribution in [0.2, 0.25) is 0 Å². The quantitative estimate of drug-likeness (QED) is 0.0979. The third kappa shape index (κ3) is 8.98. The largest absolute Gasteiger partial charge is 0.335 e. The van der Waals surface area contributed by atoms with Crippen LogP contribution < -0.4 is 9.47 Å². The van der Waals surface area contributed by atoms with E-state index in [1.807, 2.05) is 23.1 Å². The van der Waals surface area contributed by atoms with Gasteiger partial charge in [-0.05, 0) is 114 Å². The van der Waals surface area contributed by atoms with Crippen LogP contribution in [0.1, 0.15) is 56.7 Å². The predicted octanol–water partition coefficient (Wildman–Crippen LogP) is 13.9. The Hall–Kier alpha value is -3.94. The molecule has 5 aromatic rings. The van der Waals surface area contributed by atoms with Gasteiger partial charge in [-0.3, -0.25) is 0 Å². The lowest BCUT2D eigenvalue weighted by Crippen LogP contribution is -2.33. The van der Waals surface area contributed by atoms with Crippen LogP contribution >= 0.6 is 46.6 Å². The topological polar surface area (TPSA) is 7.12 Å². The number of rotatable bonds is 11. The van der Waals surface area contributed by atoms with Gasteiger partial charge in [0.1, 0.15) is 11.2 Å². The van der Waals surface area contributed by atoms with E-state index >= 15 is 0 Å². The number of nitrogens with zero attached hydrogens (tertiary/aromatic N) is 2. The lowest BCUT2D eigenvalue weighted by atomic mass is 9.75. The van der Waals surface area contributed by atoms with Crippen LogP contribution in [-0.4, -0.2) is 6.54 Å². The molecule has 7 rings (SSSR count). The van der Waals surface area contributed by atoms with Crippen LogP contribution in [0.15, 0.2) is 163 Å². The first-order valence-electron chi connectivity index (χ1n) is 18.0. The van der Waals surface area contributed by atoms with Crippen molar-refractivity contribution < 1.29 is 4.57 Å². The zero-order valence-electron chi connectivity index (χ0n) is 30.3. The SMILES string of the molecule is CCN1/C(=C/C=C/C2=CC(=C/c3sc4cc(S/C=C/c5ccccc5)ccc4[n+]3CC)/CC(C)(C)C2)Sc2cc(S/C=C\c3ccccc3)ccc21. The summed E-state index contributed by atoms with van der Waals surface area (Å²) in [7, 11) is 0. The molecule has 2 heterocycles. The van der Waals surface area contributed by atoms with Crippen molar-refractivity contribution in [3.63, 3.8) is 0 Å². The molecule has 6 heteroatoms. The van der Waals surface area contributed by atoms with Gasteiger partial charge in [0.2, 0.25) is 5.52 Å². The van der Waals surface area contributed by atoms with Gasteiger partial charge in [-0.15, -0.1) is 0 Å². The van der Waals surface area contributed by atoms with E-state index in [0.29, 0.717) is 0 Å². The van der Waals surface area contributed by atoms with E-state index in [1.54, 1.807) is 23.5 Å². The Morgan fingerprint density at radius 3 is 2.13 bits per heavy atom. The summed E-state index contributed by atoms with van der Waals surface area (Å²) in [6.45, 7) is 11.2. The number of anilines is 1. The second kappa shape index (κ2) is 16.8. The molecule has 1 aliphatic carbocycles. The molecular formula is C46H45N2S4+. The summed E-state index contributed by atoms with van der Waals surface area (Å²) in [5, 5.41) is 6.97. The maximum atomic E-state index is 2.47. The lowest BCUT2D eigenvalue weighted by Gasteiger charge is -2.30. The number of allylic oxidation sites excluding steroid dienone is 6. The number of fused-ring (bicyclic) bond motifs is 2. The highest BCUT2D eigenvalue weighted by Gasteiger charge is 2.27. The van der Waals surface area contributed by atoms with Crippen molar-refractivity contribution in [2.45, 2.75) is 61.8 Å². The van der Waals surface area contributed by atoms with E-state index in [1.165, 1.54) is 62.9 Å². The molecule has 0 bridgehead atoms. The van der Waals surface area contributed by atoms with Crippen LogP contribution in [0.5, 0.6) is 0 Å². The minimum atomic E-state index is 0.201. The Labute approximate surface area is 326 Å². The minimum Gasteiger partial charge on any atom is -0.335 e. The summed E-state index contributed by atoms with van der Waals surface area (Å²) in [5.41, 5.74) is 8.05. The smallest absolute Gasteiger partial charge is 0.263 e. The Morgan fingerprint density at radius 1 is 0.788 bits per heavy atom. The maximum absolute atomic E-state index is 2.47. The summed E-state index contributed by atoms with van der Waals surface area (Å²) in [4.78, 5) is 6.28. The van der Waals surface area contributed by atoms with Crippen LogP contribution in [0, 0.1) is 5.41 Å². The van der Waals surface area contributed by atoms with Crippen molar-refractivity contribution in [1.29, 1.82) is 0 Å². The molecule has 262 valence electrons. The Balaban J connectivity index is 1.07. The number of thioether (sulfide) groups is 3. The molecule has 2 aliphatic rings. The molecule has 4 aromatic carbocycles. The lowest BCUT2D eigenvalue weighted by molar-refractivity contribution is -0.665. The predicted molar refractivity (Wildman–Crippen MR) is 232 cm³/mol. The number of aryl methyl sites for hydroxylation is 1. The van der Waals surface area contributed by atoms with E-state index < -0.39 is 0 Å². The van der Waals surface area contributed by atoms with Crippen molar-refractivity contribution in [1.82, 2.24) is 0 Å². The molecule has 1 aromatic heterocycles. The molecule has 0 amide bonds. The Morgan fingerprint density at radius 2 is 1.46 bits per heavy atom. The molecule has 1 aliphatic heterocycles. The first-order valence-corrected chi connectivity index (χ1v) is 21.4. The zero-order chi connectivity index (χ0) is 35.9. The van der Waals surface area contributed by atoms with Gasteiger partial charge < -0.3 is 4.90 Å². The molecule has 0 saturated carbocycles. The summed E-state index contributed by atoms with van der Waals surface area (Å²) >= 11 is 7.32. The summed E-state index contributed by atoms with van der Waals surface area (Å²) in [6, 6.07) is 34.7. The molecule has 2 nitrogen and oxygen atoms in total. The van der Waals surface area contributed by atoms with Gasteiger partial charge in [0.15, 0.2) is 0 Å². The van der Waals surface area contributed by atoms with Crippen LogP contribution in [0.25, 0.3) is 28.4 Å². The van der Waals surface area contributed by atoms with Crippen molar-refractivity contribution in [2.24, 2.45) is 5.41 Å². The van der Waals surface area contributed by atoms with Crippen molar-refractivity contribution >= 4 is 80.8 Å². The second-order valence-corrected chi connectivity index (χ2v) is 17.9. The van der Waals surface area contributed by atoms with E-state index in [2.05, 4.69) is 188 Å². The van der Waals surface area contributed by atoms with Gasteiger partial charge in [0.25, 0.3) is 5.01 Å². The average Bonchev–Trinajstić information content (AvgIpc) is 3.67. The van der Waals surface area contributed by atoms with Gasteiger partial charge in [-0.2, -0.15) is 4.57 Å². The van der Waals surface area contributed by atoms with E-state index in [4.69, 9.17) is 0 Å². The normalized spacial score (nSPS) is 17.4. The second-order valence-electron chi connectivity index (χ2n) is 13.8. The number of hydrogen-bond acceptors (Lipinski definition) is 5. The third-order valence-corrected chi connectivity index (χ3v) is 13.0. The van der Waals surface area contributed by atoms with Crippen LogP contribution in [0.3, 0.4) is 0 Å². The van der Waals surface area contributed by atoms with E-state index in [-0.39, 0.29) is 5.41 Å². The highest BCUT2D eigenvalue weighted by molar-refractivity contribution is 8.04. The molecular weight excluding hydrogens is 709 g/mol. The molecule has 0 atom stereocenters. The van der Waals surface area contributed by atoms with E-state index in [9.17, 15) is 0 Å². The fourth-order valence-electron chi connectivity index (χ4n) is 6.83. The molecule has 0 radical (unpaired) electrons. The molecule has 52 heavy (non-hydrogen) atoms. The van der Waals surface area contributed by atoms with Crippen molar-refractivity contribution in [3.05, 3.63) is 164 Å². The molecule has 0 fully saturated rings. The van der Waals surface area contributed by atoms with Crippen LogP contribution in [0.4, 0.5) is 5.69 Å². The van der Waals surface area contributed by atoms with Gasteiger partial charge in [0.05, 0.1) is 10.7 Å². The fraction of sp³-hybridized carbons (Fsp3) is 0.196. The van der Waals surface area contributed by atoms with Crippen molar-refractivity contribution in [2.75, 3.05) is 11.4 Å². The molecule has 0 saturated heterocycles. The number of benzene rings is 4. The first kappa shape index (κ1) is 36.4. The molecule has 0 N–H and O–H groups in total. The summed E-state index contributed by atoms with van der Waals surface area (Å²) in [5.74, 6) is 0. The van der Waals surface area contributed by atoms with Gasteiger partial charge in [-0.1, -0.05) is 139 Å². The average molecular weight is 754 g/mol. The minimum absolute atomic E-state index is 0.201. The molecule has 0 unspecified atom stereocenters. The highest BCUT2D eigenvalue weighted by Crippen LogP contribution is 2.47. The summed E-state index contributed by atoms with van der Waals surface area (Å²) in [6.07, 6.45) is 18.3. The van der Waals surface area contributed by atoms with Gasteiger partial charge in [-0.25, -0.2) is 0 Å². The summed E-state index contributed by atoms with van der Waals surface area (Å²) < 4.78 is 3.80. The molecule has 0 spiro atoms. The Kier molecular flexibility index (Phi) is 11.8. The zero-order valence-corrected chi connectivity index (χ0v) is 33.6. The van der Waals surface area contributed by atoms with Gasteiger partial charge in [0, 0.05) is 33.4 Å². The third-order valence-electron chi connectivity index (χ3n) is 9.16. The first-order chi connectivity index (χ1) is 25.4.